The molecule has 1 aromatic heterocycles. The van der Waals surface area contributed by atoms with Crippen LogP contribution in [0.15, 0.2) is 78.9 Å². The molecule has 6 nitrogen and oxygen atoms in total. The highest BCUT2D eigenvalue weighted by atomic mass is 16.5. The molecule has 2 amide bonds. The summed E-state index contributed by atoms with van der Waals surface area (Å²) in [4.78, 5) is 31.6. The lowest BCUT2D eigenvalue weighted by molar-refractivity contribution is 0.0743. The van der Waals surface area contributed by atoms with Crippen molar-refractivity contribution in [2.75, 3.05) is 20.2 Å². The molecule has 0 fully saturated rings. The van der Waals surface area contributed by atoms with E-state index in [2.05, 4.69) is 0 Å². The SMILES string of the molecule is CCN(Cc1ccccc1)C(=O)c1c2ccccc2c2n1CCCN(Cc1ccc(OC)cc1)C2=O. The second-order valence-electron chi connectivity index (χ2n) is 9.13. The Bertz CT molecular complexity index is 1380. The van der Waals surface area contributed by atoms with Crippen LogP contribution in [0.25, 0.3) is 10.8 Å². The summed E-state index contributed by atoms with van der Waals surface area (Å²) < 4.78 is 7.24. The zero-order valence-electron chi connectivity index (χ0n) is 20.8. The van der Waals surface area contributed by atoms with Gasteiger partial charge >= 0.3 is 0 Å². The van der Waals surface area contributed by atoms with Crippen molar-refractivity contribution in [2.24, 2.45) is 0 Å². The van der Waals surface area contributed by atoms with E-state index in [9.17, 15) is 9.59 Å². The van der Waals surface area contributed by atoms with Crippen LogP contribution < -0.4 is 4.74 Å². The first-order chi connectivity index (χ1) is 17.6. The monoisotopic (exact) mass is 481 g/mol. The third-order valence-electron chi connectivity index (χ3n) is 6.90. The Labute approximate surface area is 211 Å². The molecule has 0 saturated heterocycles. The maximum Gasteiger partial charge on any atom is 0.271 e. The van der Waals surface area contributed by atoms with Gasteiger partial charge in [0.2, 0.25) is 0 Å². The molecule has 2 heterocycles. The maximum atomic E-state index is 13.9. The highest BCUT2D eigenvalue weighted by Gasteiger charge is 2.32. The minimum Gasteiger partial charge on any atom is -0.497 e. The zero-order valence-corrected chi connectivity index (χ0v) is 20.8. The van der Waals surface area contributed by atoms with Gasteiger partial charge in [0.1, 0.15) is 17.1 Å². The molecule has 1 aliphatic rings. The summed E-state index contributed by atoms with van der Waals surface area (Å²) in [5, 5.41) is 1.67. The van der Waals surface area contributed by atoms with Crippen LogP contribution in [0, 0.1) is 0 Å². The quantitative estimate of drug-likeness (QED) is 0.357. The standard InChI is InChI=1S/C30H31N3O3/c1-3-31(20-22-10-5-4-6-11-22)29(34)27-25-12-7-8-13-26(25)28-30(35)32(18-9-19-33(27)28)21-23-14-16-24(36-2)17-15-23/h4-8,10-17H,3,9,18-21H2,1-2H3. The summed E-state index contributed by atoms with van der Waals surface area (Å²) in [7, 11) is 1.64. The van der Waals surface area contributed by atoms with E-state index in [0.717, 1.165) is 34.1 Å². The Morgan fingerprint density at radius 3 is 2.28 bits per heavy atom. The average Bonchev–Trinajstić information content (AvgIpc) is 3.16. The van der Waals surface area contributed by atoms with E-state index in [1.165, 1.54) is 0 Å². The average molecular weight is 482 g/mol. The predicted octanol–water partition coefficient (Wildman–Crippen LogP) is 5.36. The predicted molar refractivity (Wildman–Crippen MR) is 141 cm³/mol. The number of rotatable bonds is 7. The lowest BCUT2D eigenvalue weighted by Crippen LogP contribution is -2.33. The molecule has 0 spiro atoms. The van der Waals surface area contributed by atoms with Gasteiger partial charge in [-0.1, -0.05) is 66.7 Å². The smallest absolute Gasteiger partial charge is 0.271 e. The number of fused-ring (bicyclic) bond motifs is 3. The fourth-order valence-corrected chi connectivity index (χ4v) is 5.04. The minimum absolute atomic E-state index is 0.0373. The Morgan fingerprint density at radius 2 is 1.58 bits per heavy atom. The fraction of sp³-hybridized carbons (Fsp3) is 0.267. The molecule has 0 unspecified atom stereocenters. The van der Waals surface area contributed by atoms with E-state index in [1.54, 1.807) is 7.11 Å². The van der Waals surface area contributed by atoms with Gasteiger partial charge in [-0.05, 0) is 36.6 Å². The zero-order chi connectivity index (χ0) is 25.1. The number of nitrogens with zero attached hydrogens (tertiary/aromatic N) is 3. The van der Waals surface area contributed by atoms with E-state index >= 15 is 0 Å². The molecule has 5 rings (SSSR count). The van der Waals surface area contributed by atoms with Crippen molar-refractivity contribution in [1.82, 2.24) is 14.4 Å². The molecular formula is C30H31N3O3. The van der Waals surface area contributed by atoms with Crippen molar-refractivity contribution in [3.05, 3.63) is 101 Å². The first-order valence-corrected chi connectivity index (χ1v) is 12.5. The van der Waals surface area contributed by atoms with Crippen LogP contribution in [0.2, 0.25) is 0 Å². The molecule has 36 heavy (non-hydrogen) atoms. The topological polar surface area (TPSA) is 54.8 Å². The molecule has 184 valence electrons. The van der Waals surface area contributed by atoms with Crippen LogP contribution >= 0.6 is 0 Å². The van der Waals surface area contributed by atoms with Gasteiger partial charge in [0.05, 0.1) is 7.11 Å². The Morgan fingerprint density at radius 1 is 0.889 bits per heavy atom. The van der Waals surface area contributed by atoms with Crippen molar-refractivity contribution >= 4 is 22.6 Å². The van der Waals surface area contributed by atoms with Gasteiger partial charge in [-0.3, -0.25) is 9.59 Å². The summed E-state index contributed by atoms with van der Waals surface area (Å²) in [6.45, 7) is 4.88. The van der Waals surface area contributed by atoms with Crippen LogP contribution in [-0.4, -0.2) is 46.4 Å². The summed E-state index contributed by atoms with van der Waals surface area (Å²) in [5.41, 5.74) is 3.35. The summed E-state index contributed by atoms with van der Waals surface area (Å²) >= 11 is 0. The molecule has 0 atom stereocenters. The highest BCUT2D eigenvalue weighted by molar-refractivity contribution is 6.14. The second-order valence-corrected chi connectivity index (χ2v) is 9.13. The van der Waals surface area contributed by atoms with Gasteiger partial charge in [-0.25, -0.2) is 0 Å². The van der Waals surface area contributed by atoms with Gasteiger partial charge in [0, 0.05) is 43.5 Å². The summed E-state index contributed by atoms with van der Waals surface area (Å²) in [5.74, 6) is 0.713. The van der Waals surface area contributed by atoms with Crippen molar-refractivity contribution in [1.29, 1.82) is 0 Å². The van der Waals surface area contributed by atoms with Crippen molar-refractivity contribution in [2.45, 2.75) is 33.0 Å². The van der Waals surface area contributed by atoms with Crippen LogP contribution in [0.5, 0.6) is 5.75 Å². The molecular weight excluding hydrogens is 450 g/mol. The molecule has 0 radical (unpaired) electrons. The maximum absolute atomic E-state index is 13.9. The Kier molecular flexibility index (Phi) is 6.76. The number of amides is 2. The molecule has 3 aromatic carbocycles. The molecule has 0 aliphatic carbocycles. The Hall–Kier alpha value is -4.06. The van der Waals surface area contributed by atoms with E-state index in [1.807, 2.05) is 100 Å². The molecule has 1 aliphatic heterocycles. The number of hydrogen-bond acceptors (Lipinski definition) is 3. The third kappa shape index (κ3) is 4.47. The van der Waals surface area contributed by atoms with Crippen molar-refractivity contribution < 1.29 is 14.3 Å². The first-order valence-electron chi connectivity index (χ1n) is 12.5. The van der Waals surface area contributed by atoms with Gasteiger partial charge in [-0.2, -0.15) is 0 Å². The summed E-state index contributed by atoms with van der Waals surface area (Å²) in [6.07, 6.45) is 0.779. The highest BCUT2D eigenvalue weighted by Crippen LogP contribution is 2.31. The number of carbonyl (C=O) groups is 2. The minimum atomic E-state index is -0.0415. The molecule has 0 N–H and O–H groups in total. The number of aromatic nitrogens is 1. The van der Waals surface area contributed by atoms with E-state index < -0.39 is 0 Å². The molecule has 4 aromatic rings. The number of carbonyl (C=O) groups excluding carboxylic acids is 2. The molecule has 0 bridgehead atoms. The first kappa shape index (κ1) is 23.7. The number of hydrogen-bond donors (Lipinski definition) is 0. The second kappa shape index (κ2) is 10.3. The van der Waals surface area contributed by atoms with Gasteiger partial charge in [0.25, 0.3) is 11.8 Å². The molecule has 6 heteroatoms. The number of methoxy groups -OCH3 is 1. The number of ether oxygens (including phenoxy) is 1. The largest absolute Gasteiger partial charge is 0.497 e. The van der Waals surface area contributed by atoms with Crippen LogP contribution in [0.1, 0.15) is 45.4 Å². The lowest BCUT2D eigenvalue weighted by atomic mass is 10.1. The van der Waals surface area contributed by atoms with E-state index in [0.29, 0.717) is 44.1 Å². The summed E-state index contributed by atoms with van der Waals surface area (Å²) in [6, 6.07) is 25.6. The normalized spacial score (nSPS) is 13.4. The van der Waals surface area contributed by atoms with Crippen LogP contribution in [0.4, 0.5) is 0 Å². The van der Waals surface area contributed by atoms with Crippen molar-refractivity contribution in [3.8, 4) is 5.75 Å². The van der Waals surface area contributed by atoms with E-state index in [4.69, 9.17) is 4.74 Å². The van der Waals surface area contributed by atoms with Crippen molar-refractivity contribution in [3.63, 3.8) is 0 Å². The molecule has 0 saturated carbocycles. The third-order valence-corrected chi connectivity index (χ3v) is 6.90. The lowest BCUT2D eigenvalue weighted by Gasteiger charge is -2.22. The van der Waals surface area contributed by atoms with Gasteiger partial charge in [-0.15, -0.1) is 0 Å². The van der Waals surface area contributed by atoms with Gasteiger partial charge < -0.3 is 19.1 Å². The van der Waals surface area contributed by atoms with Gasteiger partial charge in [0.15, 0.2) is 0 Å². The Balaban J connectivity index is 1.52. The van der Waals surface area contributed by atoms with Crippen LogP contribution in [-0.2, 0) is 19.6 Å². The fourth-order valence-electron chi connectivity index (χ4n) is 5.04. The number of benzene rings is 3. The van der Waals surface area contributed by atoms with E-state index in [-0.39, 0.29) is 11.8 Å². The van der Waals surface area contributed by atoms with Crippen LogP contribution in [0.3, 0.4) is 0 Å².